The lowest BCUT2D eigenvalue weighted by molar-refractivity contribution is 0.414. The average Bonchev–Trinajstić information content (AvgIpc) is 2.55. The molecule has 1 atom stereocenters. The highest BCUT2D eigenvalue weighted by atomic mass is 16.5. The lowest BCUT2D eigenvalue weighted by atomic mass is 10.0. The molecule has 0 spiro atoms. The summed E-state index contributed by atoms with van der Waals surface area (Å²) in [6, 6.07) is 19.5. The molecule has 0 saturated carbocycles. The molecule has 21 heavy (non-hydrogen) atoms. The van der Waals surface area contributed by atoms with Gasteiger partial charge in [-0.3, -0.25) is 0 Å². The Hall–Kier alpha value is -1.80. The van der Waals surface area contributed by atoms with Crippen LogP contribution in [0.1, 0.15) is 36.9 Å². The second kappa shape index (κ2) is 8.48. The third kappa shape index (κ3) is 4.91. The van der Waals surface area contributed by atoms with E-state index >= 15 is 0 Å². The van der Waals surface area contributed by atoms with Gasteiger partial charge in [-0.25, -0.2) is 0 Å². The molecule has 0 aliphatic heterocycles. The molecule has 0 fully saturated rings. The first-order valence-corrected chi connectivity index (χ1v) is 7.74. The maximum Gasteiger partial charge on any atom is 0.118 e. The van der Waals surface area contributed by atoms with Crippen molar-refractivity contribution in [2.24, 2.45) is 0 Å². The molecule has 1 N–H and O–H groups in total. The van der Waals surface area contributed by atoms with Gasteiger partial charge in [-0.1, -0.05) is 55.8 Å². The van der Waals surface area contributed by atoms with Crippen molar-refractivity contribution in [1.29, 1.82) is 0 Å². The average molecular weight is 283 g/mol. The van der Waals surface area contributed by atoms with Gasteiger partial charge in [-0.05, 0) is 42.6 Å². The van der Waals surface area contributed by atoms with E-state index in [9.17, 15) is 0 Å². The molecule has 2 heteroatoms. The van der Waals surface area contributed by atoms with Crippen LogP contribution in [0.25, 0.3) is 0 Å². The van der Waals surface area contributed by atoms with E-state index in [1.54, 1.807) is 7.11 Å². The summed E-state index contributed by atoms with van der Waals surface area (Å²) in [6.45, 7) is 3.23. The van der Waals surface area contributed by atoms with E-state index < -0.39 is 0 Å². The number of methoxy groups -OCH3 is 1. The first-order chi connectivity index (χ1) is 10.3. The summed E-state index contributed by atoms with van der Waals surface area (Å²) >= 11 is 0. The third-order valence-corrected chi connectivity index (χ3v) is 3.74. The van der Waals surface area contributed by atoms with Crippen molar-refractivity contribution in [3.63, 3.8) is 0 Å². The van der Waals surface area contributed by atoms with E-state index in [0.717, 1.165) is 18.7 Å². The minimum absolute atomic E-state index is 0.453. The molecule has 0 radical (unpaired) electrons. The quantitative estimate of drug-likeness (QED) is 0.777. The van der Waals surface area contributed by atoms with Gasteiger partial charge in [0.1, 0.15) is 5.75 Å². The molecule has 0 heterocycles. The fourth-order valence-electron chi connectivity index (χ4n) is 2.54. The summed E-state index contributed by atoms with van der Waals surface area (Å²) in [5.74, 6) is 0.917. The Bertz CT molecular complexity index is 507. The second-order valence-corrected chi connectivity index (χ2v) is 5.30. The van der Waals surface area contributed by atoms with E-state index in [2.05, 4.69) is 54.7 Å². The molecule has 2 aromatic carbocycles. The number of hydrogen-bond donors (Lipinski definition) is 1. The zero-order chi connectivity index (χ0) is 14.9. The van der Waals surface area contributed by atoms with Crippen LogP contribution >= 0.6 is 0 Å². The molecule has 0 saturated heterocycles. The zero-order valence-electron chi connectivity index (χ0n) is 13.0. The largest absolute Gasteiger partial charge is 0.497 e. The maximum absolute atomic E-state index is 5.19. The molecule has 2 nitrogen and oxygen atoms in total. The van der Waals surface area contributed by atoms with Gasteiger partial charge in [-0.2, -0.15) is 0 Å². The summed E-state index contributed by atoms with van der Waals surface area (Å²) in [7, 11) is 1.70. The Morgan fingerprint density at radius 3 is 2.33 bits per heavy atom. The molecule has 0 bridgehead atoms. The van der Waals surface area contributed by atoms with Crippen molar-refractivity contribution in [3.8, 4) is 5.75 Å². The lowest BCUT2D eigenvalue weighted by Gasteiger charge is -2.18. The van der Waals surface area contributed by atoms with Gasteiger partial charge in [0.25, 0.3) is 0 Å². The highest BCUT2D eigenvalue weighted by molar-refractivity contribution is 5.27. The highest BCUT2D eigenvalue weighted by Crippen LogP contribution is 2.18. The standard InChI is InChI=1S/C19H25NO/c1-3-7-19(17-8-5-4-6-9-17)20-15-14-16-10-12-18(21-2)13-11-16/h4-6,8-13,19-20H,3,7,14-15H2,1-2H3. The lowest BCUT2D eigenvalue weighted by Crippen LogP contribution is -2.23. The van der Waals surface area contributed by atoms with Crippen LogP contribution in [0.15, 0.2) is 54.6 Å². The van der Waals surface area contributed by atoms with Crippen LogP contribution in [0.2, 0.25) is 0 Å². The van der Waals surface area contributed by atoms with Gasteiger partial charge in [0.05, 0.1) is 7.11 Å². The Kier molecular flexibility index (Phi) is 6.29. The Labute approximate surface area is 128 Å². The minimum atomic E-state index is 0.453. The van der Waals surface area contributed by atoms with Crippen LogP contribution in [0.5, 0.6) is 5.75 Å². The molecule has 2 rings (SSSR count). The van der Waals surface area contributed by atoms with Crippen molar-refractivity contribution in [2.45, 2.75) is 32.2 Å². The van der Waals surface area contributed by atoms with E-state index in [1.165, 1.54) is 24.0 Å². The zero-order valence-corrected chi connectivity index (χ0v) is 13.0. The van der Waals surface area contributed by atoms with Crippen LogP contribution in [0.4, 0.5) is 0 Å². The molecule has 112 valence electrons. The fraction of sp³-hybridized carbons (Fsp3) is 0.368. The van der Waals surface area contributed by atoms with Crippen LogP contribution in [-0.4, -0.2) is 13.7 Å². The molecule has 1 unspecified atom stereocenters. The minimum Gasteiger partial charge on any atom is -0.497 e. The smallest absolute Gasteiger partial charge is 0.118 e. The second-order valence-electron chi connectivity index (χ2n) is 5.30. The number of nitrogens with one attached hydrogen (secondary N) is 1. The van der Waals surface area contributed by atoms with Gasteiger partial charge >= 0.3 is 0 Å². The van der Waals surface area contributed by atoms with Crippen molar-refractivity contribution < 1.29 is 4.74 Å². The van der Waals surface area contributed by atoms with Gasteiger partial charge in [0.15, 0.2) is 0 Å². The summed E-state index contributed by atoms with van der Waals surface area (Å²) < 4.78 is 5.19. The highest BCUT2D eigenvalue weighted by Gasteiger charge is 2.08. The summed E-state index contributed by atoms with van der Waals surface area (Å²) in [5, 5.41) is 3.68. The predicted octanol–water partition coefficient (Wildman–Crippen LogP) is 4.37. The first-order valence-electron chi connectivity index (χ1n) is 7.74. The van der Waals surface area contributed by atoms with Crippen LogP contribution in [0, 0.1) is 0 Å². The van der Waals surface area contributed by atoms with Crippen LogP contribution in [0.3, 0.4) is 0 Å². The van der Waals surface area contributed by atoms with Crippen molar-refractivity contribution in [3.05, 3.63) is 65.7 Å². The fourth-order valence-corrected chi connectivity index (χ4v) is 2.54. The summed E-state index contributed by atoms with van der Waals surface area (Å²) in [6.07, 6.45) is 3.40. The summed E-state index contributed by atoms with van der Waals surface area (Å²) in [5.41, 5.74) is 2.72. The van der Waals surface area contributed by atoms with Crippen LogP contribution in [-0.2, 0) is 6.42 Å². The van der Waals surface area contributed by atoms with Gasteiger partial charge in [0.2, 0.25) is 0 Å². The van der Waals surface area contributed by atoms with E-state index in [1.807, 2.05) is 12.1 Å². The van der Waals surface area contributed by atoms with Gasteiger partial charge < -0.3 is 10.1 Å². The number of benzene rings is 2. The van der Waals surface area contributed by atoms with E-state index in [-0.39, 0.29) is 0 Å². The van der Waals surface area contributed by atoms with Gasteiger partial charge in [0, 0.05) is 6.04 Å². The van der Waals surface area contributed by atoms with Crippen molar-refractivity contribution in [1.82, 2.24) is 5.32 Å². The van der Waals surface area contributed by atoms with Crippen molar-refractivity contribution in [2.75, 3.05) is 13.7 Å². The molecule has 0 aliphatic carbocycles. The Morgan fingerprint density at radius 1 is 1.00 bits per heavy atom. The number of rotatable bonds is 8. The molecule has 2 aromatic rings. The van der Waals surface area contributed by atoms with Crippen molar-refractivity contribution >= 4 is 0 Å². The number of ether oxygens (including phenoxy) is 1. The summed E-state index contributed by atoms with van der Waals surface area (Å²) in [4.78, 5) is 0. The third-order valence-electron chi connectivity index (χ3n) is 3.74. The topological polar surface area (TPSA) is 21.3 Å². The Balaban J connectivity index is 1.87. The Morgan fingerprint density at radius 2 is 1.71 bits per heavy atom. The SMILES string of the molecule is CCCC(NCCc1ccc(OC)cc1)c1ccccc1. The van der Waals surface area contributed by atoms with Crippen LogP contribution < -0.4 is 10.1 Å². The molecular weight excluding hydrogens is 258 g/mol. The maximum atomic E-state index is 5.19. The van der Waals surface area contributed by atoms with E-state index in [4.69, 9.17) is 4.74 Å². The molecule has 0 aliphatic rings. The molecular formula is C19H25NO. The normalized spacial score (nSPS) is 12.1. The first kappa shape index (κ1) is 15.6. The van der Waals surface area contributed by atoms with Gasteiger partial charge in [-0.15, -0.1) is 0 Å². The van der Waals surface area contributed by atoms with E-state index in [0.29, 0.717) is 6.04 Å². The predicted molar refractivity (Wildman–Crippen MR) is 88.8 cm³/mol. The monoisotopic (exact) mass is 283 g/mol. The number of hydrogen-bond acceptors (Lipinski definition) is 2. The molecule has 0 amide bonds. The molecule has 0 aromatic heterocycles.